The Morgan fingerprint density at radius 1 is 0.767 bits per heavy atom. The number of benzene rings is 5. The average Bonchev–Trinajstić information content (AvgIpc) is 3.01. The van der Waals surface area contributed by atoms with Gasteiger partial charge in [0.2, 0.25) is 0 Å². The summed E-state index contributed by atoms with van der Waals surface area (Å²) in [7, 11) is 0. The second-order valence-corrected chi connectivity index (χ2v) is 11.6. The van der Waals surface area contributed by atoms with Gasteiger partial charge in [0.25, 0.3) is 0 Å². The number of hydrogen-bond acceptors (Lipinski definition) is 3. The first-order valence-corrected chi connectivity index (χ1v) is 14.4. The number of hydrogen-bond donors (Lipinski definition) is 2. The Labute approximate surface area is 254 Å². The second kappa shape index (κ2) is 12.1. The highest BCUT2D eigenvalue weighted by molar-refractivity contribution is 6.02. The minimum absolute atomic E-state index is 0.554. The highest BCUT2D eigenvalue weighted by atomic mass is 16.6. The third kappa shape index (κ3) is 6.01. The summed E-state index contributed by atoms with van der Waals surface area (Å²) in [5, 5.41) is 18.0. The highest BCUT2D eigenvalue weighted by Gasteiger charge is 2.37. The zero-order valence-corrected chi connectivity index (χ0v) is 25.1. The van der Waals surface area contributed by atoms with E-state index in [9.17, 15) is 9.90 Å². The zero-order chi connectivity index (χ0) is 30.6. The Morgan fingerprint density at radius 2 is 1.33 bits per heavy atom. The van der Waals surface area contributed by atoms with Gasteiger partial charge in [-0.25, -0.2) is 4.79 Å². The number of ether oxygens (including phenoxy) is 1. The molecular weight excluding hydrogens is 530 g/mol. The van der Waals surface area contributed by atoms with Gasteiger partial charge in [0.15, 0.2) is 0 Å². The van der Waals surface area contributed by atoms with Gasteiger partial charge in [0, 0.05) is 16.8 Å². The summed E-state index contributed by atoms with van der Waals surface area (Å²) in [5.41, 5.74) is 3.86. The van der Waals surface area contributed by atoms with E-state index in [0.29, 0.717) is 11.3 Å². The molecule has 0 bridgehead atoms. The number of rotatable bonds is 7. The number of alkyl carbamates (subject to hydrolysis) is 1. The molecule has 216 valence electrons. The lowest BCUT2D eigenvalue weighted by atomic mass is 9.74. The molecule has 0 radical (unpaired) electrons. The fourth-order valence-electron chi connectivity index (χ4n) is 5.62. The minimum atomic E-state index is -1.53. The van der Waals surface area contributed by atoms with E-state index in [1.165, 1.54) is 0 Å². The predicted octanol–water partition coefficient (Wildman–Crippen LogP) is 9.07. The molecule has 43 heavy (non-hydrogen) atoms. The van der Waals surface area contributed by atoms with Crippen LogP contribution in [0.4, 0.5) is 4.79 Å². The molecule has 0 aliphatic heterocycles. The summed E-state index contributed by atoms with van der Waals surface area (Å²) >= 11 is 0. The van der Waals surface area contributed by atoms with Crippen molar-refractivity contribution >= 4 is 28.5 Å². The first-order chi connectivity index (χ1) is 20.6. The number of amides is 1. The smallest absolute Gasteiger partial charge is 0.411 e. The summed E-state index contributed by atoms with van der Waals surface area (Å²) in [6.45, 7) is 11.5. The third-order valence-electron chi connectivity index (χ3n) is 7.47. The SMILES string of the molecule is C=Cc1ccccc1/C(=C(\C)NC(=O)OC(C)(C)C)c1c(C(O)(c2ccccc2)c2ccccc2)ccc2ccccc12. The molecule has 0 spiro atoms. The van der Waals surface area contributed by atoms with Crippen LogP contribution < -0.4 is 5.32 Å². The van der Waals surface area contributed by atoms with Crippen LogP contribution in [0.1, 0.15) is 61.1 Å². The summed E-state index contributed by atoms with van der Waals surface area (Å²) in [5.74, 6) is 0. The third-order valence-corrected chi connectivity index (χ3v) is 7.47. The van der Waals surface area contributed by atoms with Crippen LogP contribution >= 0.6 is 0 Å². The van der Waals surface area contributed by atoms with E-state index >= 15 is 0 Å². The molecule has 0 saturated heterocycles. The minimum Gasteiger partial charge on any atom is -0.444 e. The van der Waals surface area contributed by atoms with Crippen LogP contribution in [0.25, 0.3) is 22.4 Å². The van der Waals surface area contributed by atoms with Crippen LogP contribution in [0, 0.1) is 0 Å². The largest absolute Gasteiger partial charge is 0.444 e. The topological polar surface area (TPSA) is 58.6 Å². The van der Waals surface area contributed by atoms with Crippen molar-refractivity contribution in [3.05, 3.63) is 167 Å². The Balaban J connectivity index is 1.92. The lowest BCUT2D eigenvalue weighted by Crippen LogP contribution is -2.33. The quantitative estimate of drug-likeness (QED) is 0.193. The summed E-state index contributed by atoms with van der Waals surface area (Å²) in [4.78, 5) is 13.1. The van der Waals surface area contributed by atoms with Gasteiger partial charge >= 0.3 is 6.09 Å². The molecule has 0 saturated carbocycles. The normalized spacial score (nSPS) is 12.4. The van der Waals surface area contributed by atoms with E-state index in [1.807, 2.05) is 143 Å². The van der Waals surface area contributed by atoms with Crippen molar-refractivity contribution in [1.82, 2.24) is 5.32 Å². The molecule has 4 nitrogen and oxygen atoms in total. The van der Waals surface area contributed by atoms with Crippen LogP contribution in [0.2, 0.25) is 0 Å². The molecule has 2 N–H and O–H groups in total. The summed E-state index contributed by atoms with van der Waals surface area (Å²) < 4.78 is 5.66. The van der Waals surface area contributed by atoms with Crippen LogP contribution in [-0.4, -0.2) is 16.8 Å². The van der Waals surface area contributed by atoms with E-state index in [2.05, 4.69) is 24.0 Å². The van der Waals surface area contributed by atoms with E-state index in [-0.39, 0.29) is 0 Å². The molecule has 0 atom stereocenters. The average molecular weight is 568 g/mol. The lowest BCUT2D eigenvalue weighted by molar-refractivity contribution is 0.0546. The van der Waals surface area contributed by atoms with Gasteiger partial charge in [-0.05, 0) is 66.3 Å². The van der Waals surface area contributed by atoms with E-state index in [0.717, 1.165) is 44.2 Å². The van der Waals surface area contributed by atoms with Crippen molar-refractivity contribution in [3.63, 3.8) is 0 Å². The van der Waals surface area contributed by atoms with E-state index in [4.69, 9.17) is 4.74 Å². The van der Waals surface area contributed by atoms with Gasteiger partial charge in [-0.15, -0.1) is 0 Å². The fraction of sp³-hybridized carbons (Fsp3) is 0.154. The van der Waals surface area contributed by atoms with Gasteiger partial charge in [0.05, 0.1) is 0 Å². The van der Waals surface area contributed by atoms with E-state index < -0.39 is 17.3 Å². The number of aliphatic hydroxyl groups is 1. The van der Waals surface area contributed by atoms with Crippen molar-refractivity contribution in [2.45, 2.75) is 38.9 Å². The highest BCUT2D eigenvalue weighted by Crippen LogP contribution is 2.45. The monoisotopic (exact) mass is 567 g/mol. The van der Waals surface area contributed by atoms with Crippen molar-refractivity contribution in [2.24, 2.45) is 0 Å². The lowest BCUT2D eigenvalue weighted by Gasteiger charge is -2.34. The number of carbonyl (C=O) groups excluding carboxylic acids is 1. The molecule has 0 aromatic heterocycles. The Kier molecular flexibility index (Phi) is 8.33. The van der Waals surface area contributed by atoms with Crippen molar-refractivity contribution in [1.29, 1.82) is 0 Å². The molecule has 0 heterocycles. The molecule has 0 aliphatic rings. The van der Waals surface area contributed by atoms with Crippen LogP contribution in [0.3, 0.4) is 0 Å². The number of nitrogens with one attached hydrogen (secondary N) is 1. The molecule has 4 heteroatoms. The molecule has 5 aromatic carbocycles. The maximum Gasteiger partial charge on any atom is 0.411 e. The maximum absolute atomic E-state index is 13.1. The Morgan fingerprint density at radius 3 is 1.93 bits per heavy atom. The predicted molar refractivity (Wildman–Crippen MR) is 177 cm³/mol. The van der Waals surface area contributed by atoms with Crippen LogP contribution in [0.15, 0.2) is 134 Å². The second-order valence-electron chi connectivity index (χ2n) is 11.6. The Bertz CT molecular complexity index is 1760. The van der Waals surface area contributed by atoms with Gasteiger partial charge in [0.1, 0.15) is 11.2 Å². The molecule has 1 amide bonds. The summed E-state index contributed by atoms with van der Waals surface area (Å²) in [6.07, 6.45) is 1.25. The zero-order valence-electron chi connectivity index (χ0n) is 25.1. The summed E-state index contributed by atoms with van der Waals surface area (Å²) in [6, 6.07) is 39.5. The van der Waals surface area contributed by atoms with Crippen LogP contribution in [-0.2, 0) is 10.3 Å². The molecule has 0 aliphatic carbocycles. The van der Waals surface area contributed by atoms with Crippen molar-refractivity contribution in [2.75, 3.05) is 0 Å². The van der Waals surface area contributed by atoms with Crippen molar-refractivity contribution in [3.8, 4) is 0 Å². The molecule has 0 unspecified atom stereocenters. The Hall–Kier alpha value is -4.93. The van der Waals surface area contributed by atoms with Gasteiger partial charge in [-0.2, -0.15) is 0 Å². The molecule has 5 aromatic rings. The first-order valence-electron chi connectivity index (χ1n) is 14.4. The fourth-order valence-corrected chi connectivity index (χ4v) is 5.62. The van der Waals surface area contributed by atoms with Gasteiger partial charge < -0.3 is 9.84 Å². The number of allylic oxidation sites excluding steroid dienone is 1. The van der Waals surface area contributed by atoms with Crippen LogP contribution in [0.5, 0.6) is 0 Å². The van der Waals surface area contributed by atoms with E-state index in [1.54, 1.807) is 0 Å². The number of fused-ring (bicyclic) bond motifs is 1. The maximum atomic E-state index is 13.1. The number of carbonyl (C=O) groups is 1. The standard InChI is InChI=1S/C39H37NO3/c1-6-28-17-13-15-23-32(28)35(27(2)40-37(41)43-38(3,4)5)36-33-24-16-14-18-29(33)25-26-34(36)39(42,30-19-9-7-10-20-30)31-21-11-8-12-22-31/h6-26,42H,1H2,2-5H3,(H,40,41)/b35-27-. The van der Waals surface area contributed by atoms with Crippen molar-refractivity contribution < 1.29 is 14.6 Å². The molecule has 5 rings (SSSR count). The van der Waals surface area contributed by atoms with Gasteiger partial charge in [-0.1, -0.05) is 134 Å². The van der Waals surface area contributed by atoms with Gasteiger partial charge in [-0.3, -0.25) is 5.32 Å². The molecular formula is C39H37NO3. The molecule has 0 fully saturated rings. The first kappa shape index (κ1) is 29.6.